The molecule has 1 aromatic carbocycles. The maximum Gasteiger partial charge on any atom is 0.239 e. The number of para-hydroxylation sites is 1. The quantitative estimate of drug-likeness (QED) is 0.717. The molecule has 118 valence electrons. The van der Waals surface area contributed by atoms with Crippen LogP contribution >= 0.6 is 0 Å². The van der Waals surface area contributed by atoms with Gasteiger partial charge in [0.15, 0.2) is 0 Å². The van der Waals surface area contributed by atoms with Gasteiger partial charge in [-0.05, 0) is 29.9 Å². The Balaban J connectivity index is 0.000000172. The number of aromatic amines is 3. The Morgan fingerprint density at radius 1 is 0.955 bits per heavy atom. The van der Waals surface area contributed by atoms with Crippen LogP contribution in [0.5, 0.6) is 0 Å². The molecule has 0 saturated carbocycles. The van der Waals surface area contributed by atoms with Crippen LogP contribution in [0.25, 0.3) is 10.9 Å². The standard InChI is InChI=1S/C12H15N.C7H12N2/c1-9(2)7-10-8-13-12-6-4-3-5-11(10)12;1-6(2)3-7-4-8-5-9-7/h3-6,8-9,13H,7H2,1-2H3;4-6H,3H2,1-2H3,(H,8,9)/p+1. The van der Waals surface area contributed by atoms with E-state index in [4.69, 9.17) is 0 Å². The van der Waals surface area contributed by atoms with E-state index in [1.807, 2.05) is 12.5 Å². The van der Waals surface area contributed by atoms with E-state index in [-0.39, 0.29) is 0 Å². The first-order chi connectivity index (χ1) is 10.6. The van der Waals surface area contributed by atoms with E-state index in [0.717, 1.165) is 24.7 Å². The lowest BCUT2D eigenvalue weighted by Gasteiger charge is -2.01. The van der Waals surface area contributed by atoms with Crippen molar-refractivity contribution in [2.24, 2.45) is 11.8 Å². The molecule has 0 bridgehead atoms. The maximum absolute atomic E-state index is 3.29. The molecule has 22 heavy (non-hydrogen) atoms. The van der Waals surface area contributed by atoms with Gasteiger partial charge in [0.2, 0.25) is 6.33 Å². The fraction of sp³-hybridized carbons (Fsp3) is 0.421. The summed E-state index contributed by atoms with van der Waals surface area (Å²) in [5.74, 6) is 1.45. The summed E-state index contributed by atoms with van der Waals surface area (Å²) in [7, 11) is 0. The Labute approximate surface area is 133 Å². The number of imidazole rings is 1. The van der Waals surface area contributed by atoms with Gasteiger partial charge >= 0.3 is 0 Å². The molecule has 3 nitrogen and oxygen atoms in total. The monoisotopic (exact) mass is 298 g/mol. The van der Waals surface area contributed by atoms with Crippen LogP contribution in [0.15, 0.2) is 43.0 Å². The van der Waals surface area contributed by atoms with E-state index in [9.17, 15) is 0 Å². The molecule has 0 aliphatic carbocycles. The number of H-pyrrole nitrogens is 3. The molecule has 3 aromatic rings. The summed E-state index contributed by atoms with van der Waals surface area (Å²) >= 11 is 0. The molecular formula is C19H28N3+. The highest BCUT2D eigenvalue weighted by Crippen LogP contribution is 2.20. The van der Waals surface area contributed by atoms with Crippen LogP contribution in [0, 0.1) is 11.8 Å². The van der Waals surface area contributed by atoms with E-state index in [1.54, 1.807) is 0 Å². The fourth-order valence-electron chi connectivity index (χ4n) is 2.62. The molecule has 3 heteroatoms. The number of hydrogen-bond donors (Lipinski definition) is 2. The second-order valence-electron chi connectivity index (χ2n) is 6.68. The van der Waals surface area contributed by atoms with Gasteiger partial charge in [0.05, 0.1) is 0 Å². The van der Waals surface area contributed by atoms with Crippen molar-refractivity contribution in [2.45, 2.75) is 40.5 Å². The lowest BCUT2D eigenvalue weighted by molar-refractivity contribution is -0.376. The Morgan fingerprint density at radius 3 is 2.32 bits per heavy atom. The fourth-order valence-corrected chi connectivity index (χ4v) is 2.62. The average Bonchev–Trinajstić information content (AvgIpc) is 3.09. The smallest absolute Gasteiger partial charge is 0.239 e. The number of aromatic nitrogens is 3. The molecular weight excluding hydrogens is 270 g/mol. The highest BCUT2D eigenvalue weighted by atomic mass is 14.9. The zero-order valence-corrected chi connectivity index (χ0v) is 14.1. The molecule has 0 atom stereocenters. The van der Waals surface area contributed by atoms with Crippen molar-refractivity contribution in [3.63, 3.8) is 0 Å². The van der Waals surface area contributed by atoms with Crippen molar-refractivity contribution >= 4 is 10.9 Å². The van der Waals surface area contributed by atoms with Crippen LogP contribution in [0.1, 0.15) is 39.0 Å². The highest BCUT2D eigenvalue weighted by Gasteiger charge is 2.04. The van der Waals surface area contributed by atoms with Crippen molar-refractivity contribution in [1.82, 2.24) is 9.97 Å². The summed E-state index contributed by atoms with van der Waals surface area (Å²) in [6.45, 7) is 8.92. The minimum absolute atomic E-state index is 0.721. The maximum atomic E-state index is 3.29. The SMILES string of the molecule is CC(C)Cc1c[nH+]c[nH]1.CC(C)Cc1c[nH]c2ccccc12. The van der Waals surface area contributed by atoms with Gasteiger partial charge in [0.25, 0.3) is 0 Å². The van der Waals surface area contributed by atoms with Crippen molar-refractivity contribution in [3.8, 4) is 0 Å². The van der Waals surface area contributed by atoms with Crippen molar-refractivity contribution < 1.29 is 4.98 Å². The Bertz CT molecular complexity index is 663. The average molecular weight is 298 g/mol. The topological polar surface area (TPSA) is 45.7 Å². The van der Waals surface area contributed by atoms with Crippen LogP contribution in [0.4, 0.5) is 0 Å². The third-order valence-corrected chi connectivity index (χ3v) is 3.53. The van der Waals surface area contributed by atoms with Crippen LogP contribution in [-0.4, -0.2) is 9.97 Å². The number of rotatable bonds is 4. The van der Waals surface area contributed by atoms with Gasteiger partial charge in [-0.2, -0.15) is 0 Å². The molecule has 0 saturated heterocycles. The molecule has 2 heterocycles. The highest BCUT2D eigenvalue weighted by molar-refractivity contribution is 5.83. The van der Waals surface area contributed by atoms with E-state index in [1.165, 1.54) is 22.2 Å². The van der Waals surface area contributed by atoms with Gasteiger partial charge in [-0.1, -0.05) is 45.9 Å². The zero-order chi connectivity index (χ0) is 15.9. The molecule has 2 aromatic heterocycles. The third-order valence-electron chi connectivity index (χ3n) is 3.53. The molecule has 0 amide bonds. The Hall–Kier alpha value is -2.03. The van der Waals surface area contributed by atoms with E-state index in [0.29, 0.717) is 0 Å². The lowest BCUT2D eigenvalue weighted by atomic mass is 10.0. The summed E-state index contributed by atoms with van der Waals surface area (Å²) in [5, 5.41) is 1.37. The van der Waals surface area contributed by atoms with E-state index < -0.39 is 0 Å². The van der Waals surface area contributed by atoms with Crippen LogP contribution in [0.2, 0.25) is 0 Å². The van der Waals surface area contributed by atoms with Crippen LogP contribution < -0.4 is 4.98 Å². The summed E-state index contributed by atoms with van der Waals surface area (Å²) in [4.78, 5) is 9.39. The second kappa shape index (κ2) is 7.83. The van der Waals surface area contributed by atoms with Crippen molar-refractivity contribution in [1.29, 1.82) is 0 Å². The second-order valence-corrected chi connectivity index (χ2v) is 6.68. The molecule has 3 N–H and O–H groups in total. The zero-order valence-electron chi connectivity index (χ0n) is 14.1. The van der Waals surface area contributed by atoms with E-state index in [2.05, 4.69) is 73.1 Å². The first kappa shape index (κ1) is 16.3. The van der Waals surface area contributed by atoms with E-state index >= 15 is 0 Å². The minimum Gasteiger partial charge on any atom is -0.361 e. The number of benzene rings is 1. The Kier molecular flexibility index (Phi) is 5.82. The lowest BCUT2D eigenvalue weighted by Crippen LogP contribution is -1.94. The predicted molar refractivity (Wildman–Crippen MR) is 92.7 cm³/mol. The third kappa shape index (κ3) is 4.76. The molecule has 0 spiro atoms. The first-order valence-corrected chi connectivity index (χ1v) is 8.14. The van der Waals surface area contributed by atoms with Gasteiger partial charge in [-0.3, -0.25) is 4.98 Å². The summed E-state index contributed by atoms with van der Waals surface area (Å²) in [5.41, 5.74) is 3.97. The number of nitrogens with one attached hydrogen (secondary N) is 3. The van der Waals surface area contributed by atoms with Gasteiger partial charge in [-0.25, -0.2) is 4.98 Å². The number of fused-ring (bicyclic) bond motifs is 1. The summed E-state index contributed by atoms with van der Waals surface area (Å²) in [6, 6.07) is 8.47. The normalized spacial score (nSPS) is 11.0. The molecule has 0 unspecified atom stereocenters. The molecule has 3 rings (SSSR count). The predicted octanol–water partition coefficient (Wildman–Crippen LogP) is 4.39. The molecule has 0 aliphatic rings. The van der Waals surface area contributed by atoms with Crippen LogP contribution in [0.3, 0.4) is 0 Å². The van der Waals surface area contributed by atoms with Gasteiger partial charge < -0.3 is 4.98 Å². The van der Waals surface area contributed by atoms with Crippen molar-refractivity contribution in [2.75, 3.05) is 0 Å². The van der Waals surface area contributed by atoms with Gasteiger partial charge in [-0.15, -0.1) is 0 Å². The van der Waals surface area contributed by atoms with Gasteiger partial charge in [0, 0.05) is 23.5 Å². The largest absolute Gasteiger partial charge is 0.361 e. The summed E-state index contributed by atoms with van der Waals surface area (Å²) in [6.07, 6.45) is 8.26. The molecule has 0 radical (unpaired) electrons. The van der Waals surface area contributed by atoms with Crippen molar-refractivity contribution in [3.05, 3.63) is 54.2 Å². The first-order valence-electron chi connectivity index (χ1n) is 8.14. The molecule has 0 fully saturated rings. The Morgan fingerprint density at radius 2 is 1.68 bits per heavy atom. The van der Waals surface area contributed by atoms with Crippen LogP contribution in [-0.2, 0) is 12.8 Å². The van der Waals surface area contributed by atoms with Gasteiger partial charge in [0.1, 0.15) is 11.9 Å². The number of hydrogen-bond acceptors (Lipinski definition) is 0. The minimum atomic E-state index is 0.721. The molecule has 0 aliphatic heterocycles. The summed E-state index contributed by atoms with van der Waals surface area (Å²) < 4.78 is 0.